The zero-order valence-electron chi connectivity index (χ0n) is 13.6. The SMILES string of the molecule is COCCOc1ccc(-c2cc(C(C)C)nn3cnnc23)cc1. The molecule has 0 aliphatic heterocycles. The first kappa shape index (κ1) is 15.4. The van der Waals surface area contributed by atoms with Gasteiger partial charge < -0.3 is 9.47 Å². The fraction of sp³-hybridized carbons (Fsp3) is 0.353. The molecule has 0 aliphatic carbocycles. The topological polar surface area (TPSA) is 61.5 Å². The van der Waals surface area contributed by atoms with Gasteiger partial charge in [0.25, 0.3) is 0 Å². The number of hydrogen-bond donors (Lipinski definition) is 0. The van der Waals surface area contributed by atoms with Gasteiger partial charge in [-0.3, -0.25) is 0 Å². The molecular formula is C17H20N4O2. The van der Waals surface area contributed by atoms with Crippen LogP contribution in [0.5, 0.6) is 5.75 Å². The number of aromatic nitrogens is 4. The molecule has 0 unspecified atom stereocenters. The Morgan fingerprint density at radius 1 is 1.13 bits per heavy atom. The van der Waals surface area contributed by atoms with Crippen molar-refractivity contribution in [1.29, 1.82) is 0 Å². The van der Waals surface area contributed by atoms with E-state index in [1.807, 2.05) is 24.3 Å². The lowest BCUT2D eigenvalue weighted by molar-refractivity contribution is 0.146. The van der Waals surface area contributed by atoms with Gasteiger partial charge in [0.2, 0.25) is 0 Å². The molecule has 0 bridgehead atoms. The Morgan fingerprint density at radius 3 is 2.61 bits per heavy atom. The first-order valence-electron chi connectivity index (χ1n) is 7.62. The number of fused-ring (bicyclic) bond motifs is 1. The lowest BCUT2D eigenvalue weighted by Gasteiger charge is -2.10. The van der Waals surface area contributed by atoms with Crippen molar-refractivity contribution in [2.24, 2.45) is 0 Å². The summed E-state index contributed by atoms with van der Waals surface area (Å²) in [5.41, 5.74) is 3.84. The lowest BCUT2D eigenvalue weighted by atomic mass is 10.0. The molecule has 2 aromatic heterocycles. The lowest BCUT2D eigenvalue weighted by Crippen LogP contribution is -2.04. The molecule has 0 aliphatic rings. The van der Waals surface area contributed by atoms with E-state index in [1.54, 1.807) is 18.0 Å². The Labute approximate surface area is 135 Å². The second-order valence-electron chi connectivity index (χ2n) is 5.60. The van der Waals surface area contributed by atoms with E-state index in [1.165, 1.54) is 0 Å². The van der Waals surface area contributed by atoms with Crippen LogP contribution in [-0.4, -0.2) is 40.1 Å². The largest absolute Gasteiger partial charge is 0.491 e. The van der Waals surface area contributed by atoms with Gasteiger partial charge in [0.05, 0.1) is 12.3 Å². The fourth-order valence-electron chi connectivity index (χ4n) is 2.31. The summed E-state index contributed by atoms with van der Waals surface area (Å²) in [6.45, 7) is 5.35. The van der Waals surface area contributed by atoms with Gasteiger partial charge in [-0.1, -0.05) is 26.0 Å². The normalized spacial score (nSPS) is 11.3. The maximum absolute atomic E-state index is 5.60. The molecule has 0 N–H and O–H groups in total. The first-order chi connectivity index (χ1) is 11.2. The number of ether oxygens (including phenoxy) is 2. The Balaban J connectivity index is 1.94. The van der Waals surface area contributed by atoms with Crippen molar-refractivity contribution < 1.29 is 9.47 Å². The number of methoxy groups -OCH3 is 1. The molecule has 0 saturated heterocycles. The van der Waals surface area contributed by atoms with Crippen molar-refractivity contribution in [3.8, 4) is 16.9 Å². The van der Waals surface area contributed by atoms with Gasteiger partial charge in [0.15, 0.2) is 5.65 Å². The molecule has 120 valence electrons. The molecule has 6 heteroatoms. The van der Waals surface area contributed by atoms with Crippen LogP contribution in [0.3, 0.4) is 0 Å². The summed E-state index contributed by atoms with van der Waals surface area (Å²) < 4.78 is 12.3. The smallest absolute Gasteiger partial charge is 0.185 e. The summed E-state index contributed by atoms with van der Waals surface area (Å²) in [7, 11) is 1.66. The van der Waals surface area contributed by atoms with Crippen LogP contribution in [0.4, 0.5) is 0 Å². The van der Waals surface area contributed by atoms with Crippen LogP contribution in [0.25, 0.3) is 16.8 Å². The molecule has 6 nitrogen and oxygen atoms in total. The molecule has 0 spiro atoms. The molecule has 0 fully saturated rings. The molecule has 3 rings (SSSR count). The van der Waals surface area contributed by atoms with Crippen molar-refractivity contribution in [2.75, 3.05) is 20.3 Å². The van der Waals surface area contributed by atoms with Gasteiger partial charge in [-0.15, -0.1) is 10.2 Å². The van der Waals surface area contributed by atoms with E-state index in [0.29, 0.717) is 19.1 Å². The van der Waals surface area contributed by atoms with Crippen LogP contribution < -0.4 is 4.74 Å². The van der Waals surface area contributed by atoms with Gasteiger partial charge in [0.1, 0.15) is 18.7 Å². The summed E-state index contributed by atoms with van der Waals surface area (Å²) in [4.78, 5) is 0. The summed E-state index contributed by atoms with van der Waals surface area (Å²) in [5.74, 6) is 1.15. The minimum Gasteiger partial charge on any atom is -0.491 e. The third-order valence-corrected chi connectivity index (χ3v) is 3.60. The number of hydrogen-bond acceptors (Lipinski definition) is 5. The van der Waals surface area contributed by atoms with Crippen LogP contribution in [0.15, 0.2) is 36.7 Å². The third-order valence-electron chi connectivity index (χ3n) is 3.60. The monoisotopic (exact) mass is 312 g/mol. The van der Waals surface area contributed by atoms with Crippen molar-refractivity contribution in [2.45, 2.75) is 19.8 Å². The van der Waals surface area contributed by atoms with Crippen LogP contribution in [0.2, 0.25) is 0 Å². The van der Waals surface area contributed by atoms with Crippen LogP contribution in [-0.2, 0) is 4.74 Å². The second-order valence-corrected chi connectivity index (χ2v) is 5.60. The quantitative estimate of drug-likeness (QED) is 0.655. The average molecular weight is 312 g/mol. The van der Waals surface area contributed by atoms with Gasteiger partial charge in [-0.05, 0) is 29.7 Å². The number of nitrogens with zero attached hydrogens (tertiary/aromatic N) is 4. The maximum atomic E-state index is 5.60. The second kappa shape index (κ2) is 6.75. The van der Waals surface area contributed by atoms with Crippen molar-refractivity contribution in [3.63, 3.8) is 0 Å². The minimum atomic E-state index is 0.331. The highest BCUT2D eigenvalue weighted by atomic mass is 16.5. The predicted molar refractivity (Wildman–Crippen MR) is 87.7 cm³/mol. The summed E-state index contributed by atoms with van der Waals surface area (Å²) in [5, 5.41) is 12.7. The van der Waals surface area contributed by atoms with E-state index >= 15 is 0 Å². The van der Waals surface area contributed by atoms with Gasteiger partial charge in [0, 0.05) is 12.7 Å². The Kier molecular flexibility index (Phi) is 4.52. The summed E-state index contributed by atoms with van der Waals surface area (Å²) in [6, 6.07) is 10.0. The molecule has 23 heavy (non-hydrogen) atoms. The highest BCUT2D eigenvalue weighted by Crippen LogP contribution is 2.27. The minimum absolute atomic E-state index is 0.331. The first-order valence-corrected chi connectivity index (χ1v) is 7.62. The molecule has 0 amide bonds. The van der Waals surface area contributed by atoms with Crippen LogP contribution >= 0.6 is 0 Å². The van der Waals surface area contributed by atoms with E-state index in [0.717, 1.165) is 28.2 Å². The van der Waals surface area contributed by atoms with Gasteiger partial charge >= 0.3 is 0 Å². The number of benzene rings is 1. The highest BCUT2D eigenvalue weighted by molar-refractivity contribution is 5.77. The van der Waals surface area contributed by atoms with Crippen molar-refractivity contribution in [3.05, 3.63) is 42.4 Å². The summed E-state index contributed by atoms with van der Waals surface area (Å²) in [6.07, 6.45) is 1.63. The van der Waals surface area contributed by atoms with E-state index in [-0.39, 0.29) is 0 Å². The fourth-order valence-corrected chi connectivity index (χ4v) is 2.31. The Hall–Kier alpha value is -2.47. The Morgan fingerprint density at radius 2 is 1.91 bits per heavy atom. The molecular weight excluding hydrogens is 292 g/mol. The number of rotatable bonds is 6. The molecule has 0 radical (unpaired) electrons. The van der Waals surface area contributed by atoms with Gasteiger partial charge in [-0.25, -0.2) is 0 Å². The molecule has 1 aromatic carbocycles. The zero-order chi connectivity index (χ0) is 16.2. The highest BCUT2D eigenvalue weighted by Gasteiger charge is 2.12. The van der Waals surface area contributed by atoms with Crippen molar-refractivity contribution in [1.82, 2.24) is 19.8 Å². The van der Waals surface area contributed by atoms with E-state index in [4.69, 9.17) is 9.47 Å². The van der Waals surface area contributed by atoms with E-state index in [9.17, 15) is 0 Å². The molecule has 3 aromatic rings. The van der Waals surface area contributed by atoms with Gasteiger partial charge in [-0.2, -0.15) is 9.61 Å². The average Bonchev–Trinajstić information content (AvgIpc) is 3.03. The molecule has 0 saturated carbocycles. The Bertz CT molecular complexity index is 781. The van der Waals surface area contributed by atoms with E-state index < -0.39 is 0 Å². The third kappa shape index (κ3) is 3.32. The van der Waals surface area contributed by atoms with E-state index in [2.05, 4.69) is 35.2 Å². The molecule has 2 heterocycles. The van der Waals surface area contributed by atoms with Crippen LogP contribution in [0, 0.1) is 0 Å². The van der Waals surface area contributed by atoms with Crippen molar-refractivity contribution >= 4 is 5.65 Å². The zero-order valence-corrected chi connectivity index (χ0v) is 13.6. The predicted octanol–water partition coefficient (Wildman–Crippen LogP) is 2.94. The van der Waals surface area contributed by atoms with Crippen LogP contribution in [0.1, 0.15) is 25.5 Å². The maximum Gasteiger partial charge on any atom is 0.185 e. The summed E-state index contributed by atoms with van der Waals surface area (Å²) >= 11 is 0. The standard InChI is InChI=1S/C17H20N4O2/c1-12(2)16-10-15(17-19-18-11-21(17)20-16)13-4-6-14(7-5-13)23-9-8-22-3/h4-7,10-12H,8-9H2,1-3H3. The molecule has 0 atom stereocenters.